The van der Waals surface area contributed by atoms with Crippen LogP contribution < -0.4 is 5.32 Å². The lowest BCUT2D eigenvalue weighted by Crippen LogP contribution is -2.52. The average molecular weight is 312 g/mol. The molecule has 1 heterocycles. The van der Waals surface area contributed by atoms with Crippen LogP contribution in [0, 0.1) is 0 Å². The largest absolute Gasteiger partial charge is 0.465 e. The Hall–Kier alpha value is -0.590. The molecule has 1 N–H and O–H groups in total. The maximum absolute atomic E-state index is 12.4. The minimum atomic E-state index is -0.452. The highest BCUT2D eigenvalue weighted by atomic mass is 32.2. The van der Waals surface area contributed by atoms with Crippen molar-refractivity contribution in [1.29, 1.82) is 0 Å². The number of esters is 1. The standard InChI is InChI=1S/C14H20N2O2S2/c1-2-18-12(17)14(16-10-3-4-10)6-5-11(9-14)20-13-15-7-8-19-13/h7-8,10-11,16H,2-6,9H2,1H3. The Balaban J connectivity index is 1.66. The van der Waals surface area contributed by atoms with Crippen molar-refractivity contribution in [3.05, 3.63) is 11.6 Å². The molecule has 0 aromatic carbocycles. The third kappa shape index (κ3) is 3.18. The molecule has 0 spiro atoms. The normalized spacial score (nSPS) is 29.6. The van der Waals surface area contributed by atoms with Gasteiger partial charge < -0.3 is 4.74 Å². The van der Waals surface area contributed by atoms with Crippen molar-refractivity contribution >= 4 is 29.1 Å². The van der Waals surface area contributed by atoms with Gasteiger partial charge in [0.1, 0.15) is 9.88 Å². The van der Waals surface area contributed by atoms with E-state index in [4.69, 9.17) is 4.74 Å². The first-order valence-electron chi connectivity index (χ1n) is 7.23. The van der Waals surface area contributed by atoms with Crippen molar-refractivity contribution in [3.63, 3.8) is 0 Å². The summed E-state index contributed by atoms with van der Waals surface area (Å²) < 4.78 is 6.42. The Morgan fingerprint density at radius 2 is 2.45 bits per heavy atom. The Kier molecular flexibility index (Phi) is 4.33. The molecule has 2 fully saturated rings. The first-order chi connectivity index (χ1) is 9.72. The summed E-state index contributed by atoms with van der Waals surface area (Å²) in [5.41, 5.74) is -0.452. The highest BCUT2D eigenvalue weighted by molar-refractivity contribution is 8.01. The van der Waals surface area contributed by atoms with E-state index in [1.54, 1.807) is 23.1 Å². The molecule has 0 radical (unpaired) electrons. The number of thioether (sulfide) groups is 1. The topological polar surface area (TPSA) is 51.2 Å². The number of hydrogen-bond donors (Lipinski definition) is 1. The van der Waals surface area contributed by atoms with E-state index in [1.165, 1.54) is 12.8 Å². The molecule has 0 aliphatic heterocycles. The first-order valence-corrected chi connectivity index (χ1v) is 8.99. The van der Waals surface area contributed by atoms with Crippen LogP contribution in [0.1, 0.15) is 39.0 Å². The van der Waals surface area contributed by atoms with E-state index in [0.29, 0.717) is 17.9 Å². The zero-order valence-electron chi connectivity index (χ0n) is 11.6. The van der Waals surface area contributed by atoms with Gasteiger partial charge in [0.2, 0.25) is 0 Å². The molecule has 2 saturated carbocycles. The Morgan fingerprint density at radius 1 is 1.60 bits per heavy atom. The van der Waals surface area contributed by atoms with Crippen molar-refractivity contribution in [1.82, 2.24) is 10.3 Å². The SMILES string of the molecule is CCOC(=O)C1(NC2CC2)CCC(Sc2nccs2)C1. The lowest BCUT2D eigenvalue weighted by atomic mass is 9.97. The maximum Gasteiger partial charge on any atom is 0.326 e. The minimum Gasteiger partial charge on any atom is -0.465 e. The van der Waals surface area contributed by atoms with Gasteiger partial charge in [-0.1, -0.05) is 11.8 Å². The number of nitrogens with zero attached hydrogens (tertiary/aromatic N) is 1. The Morgan fingerprint density at radius 3 is 3.10 bits per heavy atom. The molecule has 1 aromatic heterocycles. The van der Waals surface area contributed by atoms with Crippen LogP contribution in [-0.2, 0) is 9.53 Å². The molecular weight excluding hydrogens is 292 g/mol. The lowest BCUT2D eigenvalue weighted by molar-refractivity contribution is -0.151. The van der Waals surface area contributed by atoms with E-state index < -0.39 is 5.54 Å². The summed E-state index contributed by atoms with van der Waals surface area (Å²) in [5, 5.41) is 6.01. The molecule has 0 amide bonds. The number of thiazole rings is 1. The molecule has 6 heteroatoms. The van der Waals surface area contributed by atoms with Crippen molar-refractivity contribution in [2.24, 2.45) is 0 Å². The molecule has 110 valence electrons. The van der Waals surface area contributed by atoms with Gasteiger partial charge in [0.15, 0.2) is 0 Å². The molecule has 2 aliphatic carbocycles. The van der Waals surface area contributed by atoms with Crippen LogP contribution in [0.25, 0.3) is 0 Å². The molecule has 1 aromatic rings. The second kappa shape index (κ2) is 6.03. The number of rotatable bonds is 6. The van der Waals surface area contributed by atoms with Crippen LogP contribution in [0.5, 0.6) is 0 Å². The zero-order valence-corrected chi connectivity index (χ0v) is 13.3. The molecule has 2 atom stereocenters. The Bertz CT molecular complexity index is 462. The number of hydrogen-bond acceptors (Lipinski definition) is 6. The van der Waals surface area contributed by atoms with Gasteiger partial charge in [0.05, 0.1) is 6.61 Å². The van der Waals surface area contributed by atoms with Gasteiger partial charge >= 0.3 is 5.97 Å². The van der Waals surface area contributed by atoms with Crippen LogP contribution in [0.4, 0.5) is 0 Å². The van der Waals surface area contributed by atoms with Crippen molar-refractivity contribution in [2.45, 2.75) is 60.2 Å². The summed E-state index contributed by atoms with van der Waals surface area (Å²) in [4.78, 5) is 16.7. The van der Waals surface area contributed by atoms with Crippen LogP contribution in [0.2, 0.25) is 0 Å². The van der Waals surface area contributed by atoms with Gasteiger partial charge in [0.25, 0.3) is 0 Å². The third-order valence-corrected chi connectivity index (χ3v) is 6.06. The zero-order chi connectivity index (χ0) is 14.0. The van der Waals surface area contributed by atoms with Gasteiger partial charge in [-0.2, -0.15) is 0 Å². The molecule has 3 rings (SSSR count). The predicted molar refractivity (Wildman–Crippen MR) is 81.1 cm³/mol. The molecule has 2 unspecified atom stereocenters. The minimum absolute atomic E-state index is 0.0610. The van der Waals surface area contributed by atoms with Gasteiger partial charge in [-0.15, -0.1) is 11.3 Å². The number of carbonyl (C=O) groups is 1. The molecule has 0 saturated heterocycles. The first kappa shape index (κ1) is 14.4. The van der Waals surface area contributed by atoms with Gasteiger partial charge in [-0.25, -0.2) is 4.98 Å². The molecular formula is C14H20N2O2S2. The van der Waals surface area contributed by atoms with Gasteiger partial charge in [-0.05, 0) is 39.0 Å². The Labute approximate surface area is 127 Å². The average Bonchev–Trinajstić information content (AvgIpc) is 2.92. The summed E-state index contributed by atoms with van der Waals surface area (Å²) >= 11 is 3.47. The van der Waals surface area contributed by atoms with E-state index in [9.17, 15) is 4.79 Å². The fraction of sp³-hybridized carbons (Fsp3) is 0.714. The second-order valence-corrected chi connectivity index (χ2v) is 7.94. The van der Waals surface area contributed by atoms with E-state index >= 15 is 0 Å². The van der Waals surface area contributed by atoms with E-state index in [-0.39, 0.29) is 5.97 Å². The predicted octanol–water partition coefficient (Wildman–Crippen LogP) is 2.84. The fourth-order valence-corrected chi connectivity index (χ4v) is 4.94. The fourth-order valence-electron chi connectivity index (χ4n) is 2.77. The highest BCUT2D eigenvalue weighted by Crippen LogP contribution is 2.42. The number of aromatic nitrogens is 1. The second-order valence-electron chi connectivity index (χ2n) is 5.50. The molecule has 20 heavy (non-hydrogen) atoms. The van der Waals surface area contributed by atoms with Crippen molar-refractivity contribution in [3.8, 4) is 0 Å². The third-order valence-electron chi connectivity index (χ3n) is 3.87. The van der Waals surface area contributed by atoms with Crippen LogP contribution in [-0.4, -0.2) is 34.4 Å². The van der Waals surface area contributed by atoms with E-state index in [0.717, 1.165) is 23.6 Å². The quantitative estimate of drug-likeness (QED) is 0.819. The van der Waals surface area contributed by atoms with Crippen molar-refractivity contribution in [2.75, 3.05) is 6.61 Å². The lowest BCUT2D eigenvalue weighted by Gasteiger charge is -2.28. The number of ether oxygens (including phenoxy) is 1. The molecule has 2 aliphatic rings. The van der Waals surface area contributed by atoms with E-state index in [1.807, 2.05) is 18.5 Å². The van der Waals surface area contributed by atoms with Gasteiger partial charge in [-0.3, -0.25) is 10.1 Å². The number of nitrogens with one attached hydrogen (secondary N) is 1. The number of carbonyl (C=O) groups excluding carboxylic acids is 1. The summed E-state index contributed by atoms with van der Waals surface area (Å²) in [6, 6.07) is 0.517. The molecule has 0 bridgehead atoms. The summed E-state index contributed by atoms with van der Waals surface area (Å²) in [5.74, 6) is -0.0610. The van der Waals surface area contributed by atoms with Crippen LogP contribution >= 0.6 is 23.1 Å². The smallest absolute Gasteiger partial charge is 0.326 e. The highest BCUT2D eigenvalue weighted by Gasteiger charge is 2.49. The van der Waals surface area contributed by atoms with Crippen LogP contribution in [0.3, 0.4) is 0 Å². The molecule has 4 nitrogen and oxygen atoms in total. The summed E-state index contributed by atoms with van der Waals surface area (Å²) in [6.07, 6.45) is 6.99. The van der Waals surface area contributed by atoms with E-state index in [2.05, 4.69) is 10.3 Å². The maximum atomic E-state index is 12.4. The summed E-state index contributed by atoms with van der Waals surface area (Å²) in [6.45, 7) is 2.33. The summed E-state index contributed by atoms with van der Waals surface area (Å²) in [7, 11) is 0. The van der Waals surface area contributed by atoms with Crippen LogP contribution in [0.15, 0.2) is 15.9 Å². The van der Waals surface area contributed by atoms with Crippen molar-refractivity contribution < 1.29 is 9.53 Å². The van der Waals surface area contributed by atoms with Gasteiger partial charge in [0, 0.05) is 22.9 Å². The monoisotopic (exact) mass is 312 g/mol.